The molecule has 1 aliphatic rings. The third kappa shape index (κ3) is 5.70. The highest BCUT2D eigenvalue weighted by Gasteiger charge is 2.18. The number of hydrogen-bond acceptors (Lipinski definition) is 6. The van der Waals surface area contributed by atoms with Crippen molar-refractivity contribution >= 4 is 17.5 Å². The van der Waals surface area contributed by atoms with Gasteiger partial charge >= 0.3 is 0 Å². The van der Waals surface area contributed by atoms with Crippen LogP contribution in [-0.4, -0.2) is 36.2 Å². The summed E-state index contributed by atoms with van der Waals surface area (Å²) in [6.45, 7) is 1.27. The molecule has 0 radical (unpaired) electrons. The van der Waals surface area contributed by atoms with E-state index < -0.39 is 5.82 Å². The third-order valence-electron chi connectivity index (χ3n) is 4.91. The second kappa shape index (κ2) is 10.1. The van der Waals surface area contributed by atoms with Crippen LogP contribution in [0.5, 0.6) is 5.75 Å². The molecule has 1 unspecified atom stereocenters. The lowest BCUT2D eigenvalue weighted by Gasteiger charge is -2.09. The van der Waals surface area contributed by atoms with Gasteiger partial charge in [0.2, 0.25) is 0 Å². The van der Waals surface area contributed by atoms with E-state index in [9.17, 15) is 14.0 Å². The molecule has 0 saturated carbocycles. The molecule has 3 aromatic rings. The Labute approximate surface area is 183 Å². The van der Waals surface area contributed by atoms with E-state index in [0.717, 1.165) is 19.4 Å². The molecule has 1 aromatic heterocycles. The van der Waals surface area contributed by atoms with E-state index in [4.69, 9.17) is 14.0 Å². The summed E-state index contributed by atoms with van der Waals surface area (Å²) in [5.41, 5.74) is 1.10. The van der Waals surface area contributed by atoms with Crippen LogP contribution in [0.1, 0.15) is 39.4 Å². The van der Waals surface area contributed by atoms with Crippen LogP contribution in [0.4, 0.5) is 10.1 Å². The third-order valence-corrected chi connectivity index (χ3v) is 4.91. The minimum absolute atomic E-state index is 0.0529. The first-order valence-electron chi connectivity index (χ1n) is 10.2. The van der Waals surface area contributed by atoms with Gasteiger partial charge in [0.15, 0.2) is 11.5 Å². The molecular formula is C23H22FN3O5. The van der Waals surface area contributed by atoms with E-state index in [1.165, 1.54) is 30.3 Å². The molecule has 2 amide bonds. The fourth-order valence-corrected chi connectivity index (χ4v) is 3.18. The molecule has 2 aromatic carbocycles. The Hall–Kier alpha value is -3.72. The summed E-state index contributed by atoms with van der Waals surface area (Å²) in [7, 11) is 0. The van der Waals surface area contributed by atoms with Gasteiger partial charge in [-0.3, -0.25) is 9.59 Å². The fourth-order valence-electron chi connectivity index (χ4n) is 3.18. The number of nitrogens with zero attached hydrogens (tertiary/aromatic N) is 1. The average Bonchev–Trinajstić information content (AvgIpc) is 3.50. The number of ether oxygens (including phenoxy) is 2. The van der Waals surface area contributed by atoms with E-state index in [1.807, 2.05) is 0 Å². The zero-order chi connectivity index (χ0) is 22.3. The normalized spacial score (nSPS) is 15.3. The molecule has 0 aliphatic carbocycles. The van der Waals surface area contributed by atoms with Gasteiger partial charge in [-0.05, 0) is 61.4 Å². The van der Waals surface area contributed by atoms with Crippen LogP contribution in [0.2, 0.25) is 0 Å². The van der Waals surface area contributed by atoms with E-state index in [1.54, 1.807) is 24.3 Å². The maximum Gasteiger partial charge on any atom is 0.273 e. The summed E-state index contributed by atoms with van der Waals surface area (Å²) >= 11 is 0. The lowest BCUT2D eigenvalue weighted by Crippen LogP contribution is -2.31. The van der Waals surface area contributed by atoms with E-state index >= 15 is 0 Å². The molecule has 1 saturated heterocycles. The van der Waals surface area contributed by atoms with Crippen molar-refractivity contribution in [3.05, 3.63) is 77.4 Å². The number of carbonyl (C=O) groups is 2. The zero-order valence-electron chi connectivity index (χ0n) is 17.2. The van der Waals surface area contributed by atoms with Gasteiger partial charge in [0.25, 0.3) is 11.8 Å². The van der Waals surface area contributed by atoms with Crippen molar-refractivity contribution in [1.29, 1.82) is 0 Å². The maximum absolute atomic E-state index is 13.0. The number of benzene rings is 2. The van der Waals surface area contributed by atoms with Crippen LogP contribution in [0, 0.1) is 5.82 Å². The highest BCUT2D eigenvalue weighted by atomic mass is 19.1. The smallest absolute Gasteiger partial charge is 0.273 e. The van der Waals surface area contributed by atoms with Gasteiger partial charge in [0, 0.05) is 30.5 Å². The lowest BCUT2D eigenvalue weighted by atomic mass is 10.2. The molecule has 0 bridgehead atoms. The van der Waals surface area contributed by atoms with Gasteiger partial charge in [-0.1, -0.05) is 5.16 Å². The molecular weight excluding hydrogens is 417 g/mol. The van der Waals surface area contributed by atoms with E-state index in [2.05, 4.69) is 15.8 Å². The Kier molecular flexibility index (Phi) is 6.76. The van der Waals surface area contributed by atoms with Crippen LogP contribution < -0.4 is 15.4 Å². The van der Waals surface area contributed by atoms with E-state index in [0.29, 0.717) is 29.3 Å². The van der Waals surface area contributed by atoms with Gasteiger partial charge < -0.3 is 24.6 Å². The van der Waals surface area contributed by atoms with Crippen molar-refractivity contribution in [3.63, 3.8) is 0 Å². The van der Waals surface area contributed by atoms with Crippen molar-refractivity contribution in [1.82, 2.24) is 10.5 Å². The molecule has 4 rings (SSSR count). The Bertz CT molecular complexity index is 1060. The predicted octanol–water partition coefficient (Wildman–Crippen LogP) is 3.55. The topological polar surface area (TPSA) is 103 Å². The fraction of sp³-hybridized carbons (Fsp3) is 0.261. The largest absolute Gasteiger partial charge is 0.486 e. The summed E-state index contributed by atoms with van der Waals surface area (Å²) in [6.07, 6.45) is 2.00. The minimum Gasteiger partial charge on any atom is -0.486 e. The lowest BCUT2D eigenvalue weighted by molar-refractivity contribution is 0.0850. The highest BCUT2D eigenvalue weighted by Crippen LogP contribution is 2.18. The SMILES string of the molecule is O=C(Nc1ccc(OCc2cc(C(=O)NCC3CCCO3)no2)cc1)c1ccc(F)cc1. The number of amides is 2. The molecule has 166 valence electrons. The predicted molar refractivity (Wildman–Crippen MR) is 113 cm³/mol. The number of nitrogens with one attached hydrogen (secondary N) is 2. The first kappa shape index (κ1) is 21.5. The minimum atomic E-state index is -0.402. The maximum atomic E-state index is 13.0. The first-order chi connectivity index (χ1) is 15.6. The Morgan fingerprint density at radius 1 is 1.09 bits per heavy atom. The molecule has 8 nitrogen and oxygen atoms in total. The molecule has 1 atom stereocenters. The van der Waals surface area contributed by atoms with Crippen LogP contribution in [0.15, 0.2) is 59.1 Å². The average molecular weight is 439 g/mol. The number of carbonyl (C=O) groups excluding carboxylic acids is 2. The summed E-state index contributed by atoms with van der Waals surface area (Å²) in [5.74, 6) is -0.116. The number of rotatable bonds is 8. The van der Waals surface area contributed by atoms with Crippen molar-refractivity contribution < 1.29 is 28.0 Å². The molecule has 1 aliphatic heterocycles. The highest BCUT2D eigenvalue weighted by molar-refractivity contribution is 6.04. The van der Waals surface area contributed by atoms with Gasteiger partial charge in [0.05, 0.1) is 6.10 Å². The first-order valence-corrected chi connectivity index (χ1v) is 10.2. The van der Waals surface area contributed by atoms with Crippen molar-refractivity contribution in [3.8, 4) is 5.75 Å². The molecule has 9 heteroatoms. The van der Waals surface area contributed by atoms with Gasteiger partial charge in [-0.2, -0.15) is 0 Å². The molecule has 2 N–H and O–H groups in total. The molecule has 1 fully saturated rings. The molecule has 0 spiro atoms. The van der Waals surface area contributed by atoms with Crippen LogP contribution in [-0.2, 0) is 11.3 Å². The summed E-state index contributed by atoms with van der Waals surface area (Å²) in [6, 6.07) is 13.6. The van der Waals surface area contributed by atoms with Gasteiger partial charge in [-0.25, -0.2) is 4.39 Å². The molecule has 2 heterocycles. The standard InChI is InChI=1S/C23H22FN3O5/c24-16-5-3-15(4-6-16)22(28)26-17-7-9-18(10-8-17)31-14-20-12-21(27-32-20)23(29)25-13-19-2-1-11-30-19/h3-10,12,19H,1-2,11,13-14H2,(H,25,29)(H,26,28). The van der Waals surface area contributed by atoms with Crippen molar-refractivity contribution in [2.45, 2.75) is 25.6 Å². The molecule has 32 heavy (non-hydrogen) atoms. The number of hydrogen-bond donors (Lipinski definition) is 2. The van der Waals surface area contributed by atoms with Gasteiger partial charge in [0.1, 0.15) is 18.2 Å². The van der Waals surface area contributed by atoms with Crippen LogP contribution >= 0.6 is 0 Å². The summed E-state index contributed by atoms with van der Waals surface area (Å²) in [4.78, 5) is 24.3. The van der Waals surface area contributed by atoms with Crippen molar-refractivity contribution in [2.24, 2.45) is 0 Å². The number of anilines is 1. The van der Waals surface area contributed by atoms with Crippen LogP contribution in [0.25, 0.3) is 0 Å². The zero-order valence-corrected chi connectivity index (χ0v) is 17.2. The Morgan fingerprint density at radius 3 is 2.59 bits per heavy atom. The van der Waals surface area contributed by atoms with Crippen molar-refractivity contribution in [2.75, 3.05) is 18.5 Å². The summed E-state index contributed by atoms with van der Waals surface area (Å²) < 4.78 is 29.2. The number of halogens is 1. The second-order valence-electron chi connectivity index (χ2n) is 7.30. The van der Waals surface area contributed by atoms with Gasteiger partial charge in [-0.15, -0.1) is 0 Å². The Balaban J connectivity index is 1.25. The van der Waals surface area contributed by atoms with E-state index in [-0.39, 0.29) is 30.2 Å². The Morgan fingerprint density at radius 2 is 1.88 bits per heavy atom. The summed E-state index contributed by atoms with van der Waals surface area (Å²) in [5, 5.41) is 9.29. The quantitative estimate of drug-likeness (QED) is 0.557. The number of aromatic nitrogens is 1. The van der Waals surface area contributed by atoms with Crippen LogP contribution in [0.3, 0.4) is 0 Å². The second-order valence-corrected chi connectivity index (χ2v) is 7.30. The monoisotopic (exact) mass is 439 g/mol.